The minimum atomic E-state index is -0.801. The van der Waals surface area contributed by atoms with Crippen LogP contribution in [0.4, 0.5) is 10.1 Å². The molecule has 0 bridgehead atoms. The van der Waals surface area contributed by atoms with Crippen LogP contribution >= 0.6 is 11.6 Å². The van der Waals surface area contributed by atoms with Gasteiger partial charge in [-0.05, 0) is 19.1 Å². The monoisotopic (exact) mass is 217 g/mol. The second-order valence-electron chi connectivity index (χ2n) is 2.54. The summed E-state index contributed by atoms with van der Waals surface area (Å²) in [7, 11) is 0. The molecule has 3 nitrogen and oxygen atoms in total. The highest BCUT2D eigenvalue weighted by atomic mass is 35.5. The average Bonchev–Trinajstić information content (AvgIpc) is 2.13. The number of hydrogen-bond acceptors (Lipinski definition) is 3. The number of nitrogens with two attached hydrogens (primary N) is 1. The van der Waals surface area contributed by atoms with E-state index in [2.05, 4.69) is 4.74 Å². The number of nitrogen functional groups attached to an aromatic ring is 1. The zero-order chi connectivity index (χ0) is 10.7. The molecular formula is C9H9ClFNO2. The van der Waals surface area contributed by atoms with E-state index >= 15 is 0 Å². The number of anilines is 1. The van der Waals surface area contributed by atoms with Crippen molar-refractivity contribution in [2.45, 2.75) is 6.92 Å². The van der Waals surface area contributed by atoms with Gasteiger partial charge >= 0.3 is 5.97 Å². The predicted molar refractivity (Wildman–Crippen MR) is 51.8 cm³/mol. The van der Waals surface area contributed by atoms with Crippen LogP contribution in [0.25, 0.3) is 0 Å². The molecule has 0 saturated carbocycles. The molecule has 0 amide bonds. The first kappa shape index (κ1) is 10.8. The maximum absolute atomic E-state index is 13.2. The lowest BCUT2D eigenvalue weighted by Gasteiger charge is -2.07. The van der Waals surface area contributed by atoms with Gasteiger partial charge in [0.15, 0.2) is 0 Å². The van der Waals surface area contributed by atoms with E-state index in [0.717, 1.165) is 6.07 Å². The van der Waals surface area contributed by atoms with Crippen molar-refractivity contribution in [2.24, 2.45) is 0 Å². The van der Waals surface area contributed by atoms with E-state index in [-0.39, 0.29) is 22.9 Å². The van der Waals surface area contributed by atoms with E-state index in [4.69, 9.17) is 17.3 Å². The SMILES string of the molecule is CCOC(=O)c1c(F)ccc(Cl)c1N. The predicted octanol–water partition coefficient (Wildman–Crippen LogP) is 2.24. The average molecular weight is 218 g/mol. The molecule has 1 aromatic carbocycles. The van der Waals surface area contributed by atoms with Crippen LogP contribution in [-0.2, 0) is 4.74 Å². The molecule has 0 aliphatic rings. The first-order chi connectivity index (χ1) is 6.57. The second-order valence-corrected chi connectivity index (χ2v) is 2.95. The van der Waals surface area contributed by atoms with Crippen LogP contribution in [0.2, 0.25) is 5.02 Å². The quantitative estimate of drug-likeness (QED) is 0.611. The molecule has 0 radical (unpaired) electrons. The lowest BCUT2D eigenvalue weighted by molar-refractivity contribution is 0.0522. The summed E-state index contributed by atoms with van der Waals surface area (Å²) < 4.78 is 17.8. The Hall–Kier alpha value is -1.29. The van der Waals surface area contributed by atoms with Gasteiger partial charge in [-0.15, -0.1) is 0 Å². The van der Waals surface area contributed by atoms with Crippen LogP contribution in [0, 0.1) is 5.82 Å². The van der Waals surface area contributed by atoms with Gasteiger partial charge in [0.1, 0.15) is 11.4 Å². The minimum Gasteiger partial charge on any atom is -0.462 e. The van der Waals surface area contributed by atoms with Crippen molar-refractivity contribution in [2.75, 3.05) is 12.3 Å². The Morgan fingerprint density at radius 1 is 1.64 bits per heavy atom. The van der Waals surface area contributed by atoms with E-state index in [1.54, 1.807) is 6.92 Å². The van der Waals surface area contributed by atoms with Crippen LogP contribution < -0.4 is 5.73 Å². The standard InChI is InChI=1S/C9H9ClFNO2/c1-2-14-9(13)7-6(11)4-3-5(10)8(7)12/h3-4H,2,12H2,1H3. The minimum absolute atomic E-state index is 0.0925. The zero-order valence-electron chi connectivity index (χ0n) is 7.51. The number of carbonyl (C=O) groups is 1. The highest BCUT2D eigenvalue weighted by Crippen LogP contribution is 2.25. The van der Waals surface area contributed by atoms with E-state index in [9.17, 15) is 9.18 Å². The van der Waals surface area contributed by atoms with Crippen molar-refractivity contribution in [1.82, 2.24) is 0 Å². The Morgan fingerprint density at radius 2 is 2.29 bits per heavy atom. The number of hydrogen-bond donors (Lipinski definition) is 1. The second kappa shape index (κ2) is 4.28. The number of halogens is 2. The molecule has 0 saturated heterocycles. The normalized spacial score (nSPS) is 9.93. The summed E-state index contributed by atoms with van der Waals surface area (Å²) in [6.07, 6.45) is 0. The Labute approximate surface area is 85.6 Å². The van der Waals surface area contributed by atoms with Gasteiger partial charge in [0, 0.05) is 0 Å². The summed E-state index contributed by atoms with van der Waals surface area (Å²) in [5, 5.41) is 0.134. The largest absolute Gasteiger partial charge is 0.462 e. The van der Waals surface area contributed by atoms with E-state index in [1.807, 2.05) is 0 Å². The van der Waals surface area contributed by atoms with E-state index in [1.165, 1.54) is 6.07 Å². The van der Waals surface area contributed by atoms with Crippen LogP contribution in [0.5, 0.6) is 0 Å². The fourth-order valence-electron chi connectivity index (χ4n) is 0.978. The third kappa shape index (κ3) is 1.96. The third-order valence-electron chi connectivity index (χ3n) is 1.62. The molecule has 76 valence electrons. The van der Waals surface area contributed by atoms with Crippen molar-refractivity contribution in [3.05, 3.63) is 28.5 Å². The van der Waals surface area contributed by atoms with Crippen LogP contribution in [0.15, 0.2) is 12.1 Å². The first-order valence-electron chi connectivity index (χ1n) is 3.98. The maximum Gasteiger partial charge on any atom is 0.343 e. The fraction of sp³-hybridized carbons (Fsp3) is 0.222. The number of esters is 1. The summed E-state index contributed by atoms with van der Waals surface area (Å²) in [6, 6.07) is 2.36. The van der Waals surface area contributed by atoms with Gasteiger partial charge in [0.05, 0.1) is 17.3 Å². The Bertz CT molecular complexity index is 368. The molecule has 0 aliphatic heterocycles. The molecule has 1 aromatic rings. The highest BCUT2D eigenvalue weighted by molar-refractivity contribution is 6.33. The smallest absolute Gasteiger partial charge is 0.343 e. The molecular weight excluding hydrogens is 209 g/mol. The van der Waals surface area contributed by atoms with Gasteiger partial charge in [0.2, 0.25) is 0 Å². The number of benzene rings is 1. The van der Waals surface area contributed by atoms with Gasteiger partial charge in [-0.3, -0.25) is 0 Å². The van der Waals surface area contributed by atoms with Crippen molar-refractivity contribution in [3.63, 3.8) is 0 Å². The lowest BCUT2D eigenvalue weighted by atomic mass is 10.1. The van der Waals surface area contributed by atoms with Gasteiger partial charge < -0.3 is 10.5 Å². The van der Waals surface area contributed by atoms with Gasteiger partial charge in [-0.1, -0.05) is 11.6 Å². The third-order valence-corrected chi connectivity index (χ3v) is 1.95. The van der Waals surface area contributed by atoms with Gasteiger partial charge in [0.25, 0.3) is 0 Å². The maximum atomic E-state index is 13.2. The van der Waals surface area contributed by atoms with Gasteiger partial charge in [-0.25, -0.2) is 9.18 Å². The Kier molecular flexibility index (Phi) is 3.30. The zero-order valence-corrected chi connectivity index (χ0v) is 8.27. The Morgan fingerprint density at radius 3 is 2.86 bits per heavy atom. The van der Waals surface area contributed by atoms with Gasteiger partial charge in [-0.2, -0.15) is 0 Å². The molecule has 2 N–H and O–H groups in total. The summed E-state index contributed by atoms with van der Waals surface area (Å²) >= 11 is 5.63. The molecule has 5 heteroatoms. The molecule has 0 aliphatic carbocycles. The summed E-state index contributed by atoms with van der Waals surface area (Å²) in [5.74, 6) is -1.53. The van der Waals surface area contributed by atoms with Crippen LogP contribution in [0.1, 0.15) is 17.3 Å². The molecule has 1 rings (SSSR count). The van der Waals surface area contributed by atoms with Crippen LogP contribution in [0.3, 0.4) is 0 Å². The first-order valence-corrected chi connectivity index (χ1v) is 4.36. The molecule has 0 fully saturated rings. The molecule has 0 heterocycles. The van der Waals surface area contributed by atoms with Crippen molar-refractivity contribution in [1.29, 1.82) is 0 Å². The number of carbonyl (C=O) groups excluding carboxylic acids is 1. The summed E-state index contributed by atoms with van der Waals surface area (Å²) in [4.78, 5) is 11.2. The molecule has 0 atom stereocenters. The molecule has 0 aromatic heterocycles. The lowest BCUT2D eigenvalue weighted by Crippen LogP contribution is -2.10. The highest BCUT2D eigenvalue weighted by Gasteiger charge is 2.18. The Balaban J connectivity index is 3.18. The number of ether oxygens (including phenoxy) is 1. The van der Waals surface area contributed by atoms with E-state index in [0.29, 0.717) is 0 Å². The molecule has 0 unspecified atom stereocenters. The van der Waals surface area contributed by atoms with Crippen molar-refractivity contribution < 1.29 is 13.9 Å². The molecule has 14 heavy (non-hydrogen) atoms. The van der Waals surface area contributed by atoms with Crippen molar-refractivity contribution in [3.8, 4) is 0 Å². The number of rotatable bonds is 2. The van der Waals surface area contributed by atoms with Crippen LogP contribution in [-0.4, -0.2) is 12.6 Å². The van der Waals surface area contributed by atoms with Crippen molar-refractivity contribution >= 4 is 23.3 Å². The summed E-state index contributed by atoms with van der Waals surface area (Å²) in [6.45, 7) is 1.78. The fourth-order valence-corrected chi connectivity index (χ4v) is 1.14. The summed E-state index contributed by atoms with van der Waals surface area (Å²) in [5.41, 5.74) is 5.04. The topological polar surface area (TPSA) is 52.3 Å². The molecule has 0 spiro atoms. The van der Waals surface area contributed by atoms with E-state index < -0.39 is 11.8 Å².